The van der Waals surface area contributed by atoms with E-state index in [0.29, 0.717) is 6.61 Å². The highest BCUT2D eigenvalue weighted by atomic mass is 16.5. The first-order valence-electron chi connectivity index (χ1n) is 7.33. The zero-order valence-corrected chi connectivity index (χ0v) is 12.2. The summed E-state index contributed by atoms with van der Waals surface area (Å²) in [6.07, 6.45) is -0.289. The summed E-state index contributed by atoms with van der Waals surface area (Å²) < 4.78 is 6.12. The molecule has 0 aliphatic heterocycles. The summed E-state index contributed by atoms with van der Waals surface area (Å²) >= 11 is 0. The molecule has 2 heteroatoms. The molecule has 1 atom stereocenters. The molecular formula is C20H18O2. The fourth-order valence-corrected chi connectivity index (χ4v) is 2.46. The Hall–Kier alpha value is -2.58. The van der Waals surface area contributed by atoms with Crippen molar-refractivity contribution in [3.05, 3.63) is 102 Å². The molecule has 1 N–H and O–H groups in total. The van der Waals surface area contributed by atoms with Crippen molar-refractivity contribution in [1.29, 1.82) is 0 Å². The number of hydrogen-bond acceptors (Lipinski definition) is 2. The molecule has 0 saturated heterocycles. The highest BCUT2D eigenvalue weighted by Crippen LogP contribution is 2.32. The summed E-state index contributed by atoms with van der Waals surface area (Å²) in [4.78, 5) is 0. The van der Waals surface area contributed by atoms with Gasteiger partial charge in [0.1, 0.15) is 11.9 Å². The van der Waals surface area contributed by atoms with Gasteiger partial charge in [-0.3, -0.25) is 0 Å². The minimum absolute atomic E-state index is 0.254. The van der Waals surface area contributed by atoms with E-state index in [2.05, 4.69) is 0 Å². The van der Waals surface area contributed by atoms with Crippen LogP contribution in [0.3, 0.4) is 0 Å². The quantitative estimate of drug-likeness (QED) is 0.738. The van der Waals surface area contributed by atoms with Crippen LogP contribution < -0.4 is 0 Å². The first-order valence-corrected chi connectivity index (χ1v) is 7.33. The number of para-hydroxylation sites is 1. The molecule has 0 aliphatic rings. The lowest BCUT2D eigenvalue weighted by molar-refractivity contribution is 0.0651. The van der Waals surface area contributed by atoms with Crippen molar-refractivity contribution in [2.75, 3.05) is 0 Å². The van der Waals surface area contributed by atoms with Crippen LogP contribution in [0.15, 0.2) is 84.9 Å². The summed E-state index contributed by atoms with van der Waals surface area (Å²) in [7, 11) is 0. The third-order valence-corrected chi connectivity index (χ3v) is 3.58. The molecule has 3 aromatic carbocycles. The molecule has 0 radical (unpaired) electrons. The molecule has 0 aliphatic carbocycles. The summed E-state index contributed by atoms with van der Waals surface area (Å²) in [5, 5.41) is 10.2. The van der Waals surface area contributed by atoms with Crippen LogP contribution in [0, 0.1) is 0 Å². The molecule has 3 rings (SSSR count). The third kappa shape index (κ3) is 3.35. The maximum Gasteiger partial charge on any atom is 0.121 e. The lowest BCUT2D eigenvalue weighted by Gasteiger charge is -2.20. The van der Waals surface area contributed by atoms with Crippen molar-refractivity contribution in [2.45, 2.75) is 12.7 Å². The number of hydrogen-bond donors (Lipinski definition) is 1. The van der Waals surface area contributed by atoms with E-state index >= 15 is 0 Å². The number of phenolic OH excluding ortho intramolecular Hbond substituents is 1. The molecule has 2 nitrogen and oxygen atoms in total. The lowest BCUT2D eigenvalue weighted by Crippen LogP contribution is -2.06. The van der Waals surface area contributed by atoms with Gasteiger partial charge in [0.15, 0.2) is 0 Å². The van der Waals surface area contributed by atoms with Gasteiger partial charge in [0.25, 0.3) is 0 Å². The summed E-state index contributed by atoms with van der Waals surface area (Å²) in [5.74, 6) is 0.254. The Bertz CT molecular complexity index is 708. The van der Waals surface area contributed by atoms with Crippen LogP contribution in [0.5, 0.6) is 5.75 Å². The Balaban J connectivity index is 1.89. The topological polar surface area (TPSA) is 29.5 Å². The molecule has 0 amide bonds. The van der Waals surface area contributed by atoms with Crippen molar-refractivity contribution in [3.8, 4) is 5.75 Å². The van der Waals surface area contributed by atoms with E-state index in [1.807, 2.05) is 78.9 Å². The van der Waals surface area contributed by atoms with Crippen LogP contribution in [0.4, 0.5) is 0 Å². The Kier molecular flexibility index (Phi) is 4.52. The minimum Gasteiger partial charge on any atom is -0.508 e. The second kappa shape index (κ2) is 6.92. The first-order chi connectivity index (χ1) is 10.8. The number of phenols is 1. The molecule has 110 valence electrons. The summed E-state index contributed by atoms with van der Waals surface area (Å²) in [5.41, 5.74) is 2.92. The van der Waals surface area contributed by atoms with Gasteiger partial charge in [-0.25, -0.2) is 0 Å². The minimum atomic E-state index is -0.289. The van der Waals surface area contributed by atoms with Gasteiger partial charge in [-0.05, 0) is 17.2 Å². The van der Waals surface area contributed by atoms with Crippen LogP contribution in [0.25, 0.3) is 0 Å². The van der Waals surface area contributed by atoms with E-state index in [1.54, 1.807) is 6.07 Å². The van der Waals surface area contributed by atoms with E-state index < -0.39 is 0 Å². The van der Waals surface area contributed by atoms with Gasteiger partial charge in [-0.1, -0.05) is 78.9 Å². The van der Waals surface area contributed by atoms with Gasteiger partial charge in [0.2, 0.25) is 0 Å². The van der Waals surface area contributed by atoms with Gasteiger partial charge >= 0.3 is 0 Å². The number of benzene rings is 3. The highest BCUT2D eigenvalue weighted by molar-refractivity contribution is 5.39. The van der Waals surface area contributed by atoms with Crippen molar-refractivity contribution in [2.24, 2.45) is 0 Å². The van der Waals surface area contributed by atoms with Crippen LogP contribution in [-0.2, 0) is 11.3 Å². The molecule has 0 fully saturated rings. The first kappa shape index (κ1) is 14.4. The molecule has 0 aromatic heterocycles. The van der Waals surface area contributed by atoms with Gasteiger partial charge in [-0.2, -0.15) is 0 Å². The number of aromatic hydroxyl groups is 1. The fourth-order valence-electron chi connectivity index (χ4n) is 2.46. The van der Waals surface area contributed by atoms with E-state index in [0.717, 1.165) is 16.7 Å². The average Bonchev–Trinajstić information content (AvgIpc) is 2.58. The van der Waals surface area contributed by atoms with Crippen LogP contribution in [-0.4, -0.2) is 5.11 Å². The third-order valence-electron chi connectivity index (χ3n) is 3.58. The van der Waals surface area contributed by atoms with Crippen molar-refractivity contribution in [1.82, 2.24) is 0 Å². The maximum atomic E-state index is 10.2. The molecule has 3 aromatic rings. The van der Waals surface area contributed by atoms with Crippen LogP contribution >= 0.6 is 0 Å². The Morgan fingerprint density at radius 2 is 1.32 bits per heavy atom. The summed E-state index contributed by atoms with van der Waals surface area (Å²) in [6, 6.07) is 27.3. The zero-order valence-electron chi connectivity index (χ0n) is 12.2. The van der Waals surface area contributed by atoms with E-state index in [9.17, 15) is 5.11 Å². The average molecular weight is 290 g/mol. The Morgan fingerprint density at radius 1 is 0.727 bits per heavy atom. The number of ether oxygens (including phenoxy) is 1. The van der Waals surface area contributed by atoms with E-state index in [1.165, 1.54) is 0 Å². The van der Waals surface area contributed by atoms with Gasteiger partial charge in [0.05, 0.1) is 6.61 Å². The largest absolute Gasteiger partial charge is 0.508 e. The predicted octanol–water partition coefficient (Wildman–Crippen LogP) is 4.70. The number of rotatable bonds is 5. The molecule has 0 saturated carbocycles. The molecule has 22 heavy (non-hydrogen) atoms. The van der Waals surface area contributed by atoms with Crippen LogP contribution in [0.2, 0.25) is 0 Å². The monoisotopic (exact) mass is 290 g/mol. The van der Waals surface area contributed by atoms with Gasteiger partial charge < -0.3 is 9.84 Å². The van der Waals surface area contributed by atoms with Gasteiger partial charge in [0, 0.05) is 5.56 Å². The molecule has 1 unspecified atom stereocenters. The van der Waals surface area contributed by atoms with Crippen molar-refractivity contribution in [3.63, 3.8) is 0 Å². The smallest absolute Gasteiger partial charge is 0.121 e. The molecular weight excluding hydrogens is 272 g/mol. The normalized spacial score (nSPS) is 12.0. The second-order valence-electron chi connectivity index (χ2n) is 5.15. The van der Waals surface area contributed by atoms with Gasteiger partial charge in [-0.15, -0.1) is 0 Å². The highest BCUT2D eigenvalue weighted by Gasteiger charge is 2.17. The lowest BCUT2D eigenvalue weighted by atomic mass is 10.0. The molecule has 0 spiro atoms. The Morgan fingerprint density at radius 3 is 2.00 bits per heavy atom. The Labute approximate surface area is 130 Å². The SMILES string of the molecule is Oc1ccccc1C(OCc1ccccc1)c1ccccc1. The van der Waals surface area contributed by atoms with Crippen molar-refractivity contribution < 1.29 is 9.84 Å². The fraction of sp³-hybridized carbons (Fsp3) is 0.100. The maximum absolute atomic E-state index is 10.2. The van der Waals surface area contributed by atoms with E-state index in [4.69, 9.17) is 4.74 Å². The van der Waals surface area contributed by atoms with Crippen LogP contribution in [0.1, 0.15) is 22.8 Å². The van der Waals surface area contributed by atoms with Crippen molar-refractivity contribution >= 4 is 0 Å². The second-order valence-corrected chi connectivity index (χ2v) is 5.15. The zero-order chi connectivity index (χ0) is 15.2. The molecule has 0 bridgehead atoms. The van der Waals surface area contributed by atoms with E-state index in [-0.39, 0.29) is 11.9 Å². The molecule has 0 heterocycles. The predicted molar refractivity (Wildman–Crippen MR) is 87.6 cm³/mol. The standard InChI is InChI=1S/C20H18O2/c21-19-14-8-7-13-18(19)20(17-11-5-2-6-12-17)22-15-16-9-3-1-4-10-16/h1-14,20-21H,15H2. The summed E-state index contributed by atoms with van der Waals surface area (Å²) in [6.45, 7) is 0.495.